The second-order valence-corrected chi connectivity index (χ2v) is 7.24. The van der Waals surface area contributed by atoms with Crippen LogP contribution in [0.25, 0.3) is 0 Å². The third-order valence-corrected chi connectivity index (χ3v) is 5.77. The van der Waals surface area contributed by atoms with Crippen molar-refractivity contribution in [2.75, 3.05) is 37.8 Å². The quantitative estimate of drug-likeness (QED) is 0.716. The van der Waals surface area contributed by atoms with Crippen LogP contribution in [0.1, 0.15) is 19.8 Å². The topological polar surface area (TPSA) is 55.4 Å². The van der Waals surface area contributed by atoms with Crippen molar-refractivity contribution in [1.82, 2.24) is 5.32 Å². The summed E-state index contributed by atoms with van der Waals surface area (Å²) in [5.41, 5.74) is 0.193. The van der Waals surface area contributed by atoms with Gasteiger partial charge < -0.3 is 10.1 Å². The van der Waals surface area contributed by atoms with Crippen LogP contribution in [0.2, 0.25) is 0 Å². The fourth-order valence-electron chi connectivity index (χ4n) is 2.81. The lowest BCUT2D eigenvalue weighted by Gasteiger charge is -2.47. The summed E-state index contributed by atoms with van der Waals surface area (Å²) in [6.45, 7) is 5.41. The lowest BCUT2D eigenvalue weighted by Crippen LogP contribution is -2.58. The Morgan fingerprint density at radius 3 is 2.62 bits per heavy atom. The summed E-state index contributed by atoms with van der Waals surface area (Å²) in [6.07, 6.45) is 1.84. The molecule has 0 aromatic rings. The largest absolute Gasteiger partial charge is 0.382 e. The van der Waals surface area contributed by atoms with Crippen LogP contribution in [0, 0.1) is 11.3 Å². The molecule has 0 aliphatic carbocycles. The molecule has 94 valence electrons. The average Bonchev–Trinajstić information content (AvgIpc) is 2.51. The number of hydrogen-bond acceptors (Lipinski definition) is 4. The average molecular weight is 247 g/mol. The number of nitrogens with one attached hydrogen (secondary N) is 1. The van der Waals surface area contributed by atoms with Crippen LogP contribution in [0.4, 0.5) is 0 Å². The highest BCUT2D eigenvalue weighted by atomic mass is 32.2. The van der Waals surface area contributed by atoms with E-state index in [9.17, 15) is 8.42 Å². The molecule has 2 heterocycles. The summed E-state index contributed by atoms with van der Waals surface area (Å²) in [5.74, 6) is 1.12. The lowest BCUT2D eigenvalue weighted by molar-refractivity contribution is 0.0334. The van der Waals surface area contributed by atoms with Crippen LogP contribution in [0.5, 0.6) is 0 Å². The van der Waals surface area contributed by atoms with Crippen LogP contribution in [-0.2, 0) is 14.6 Å². The number of hydrogen-bond donors (Lipinski definition) is 1. The Kier molecular flexibility index (Phi) is 3.56. The molecular formula is C11H21NO3S. The second kappa shape index (κ2) is 4.63. The molecule has 2 aliphatic rings. The van der Waals surface area contributed by atoms with Crippen molar-refractivity contribution in [3.05, 3.63) is 0 Å². The summed E-state index contributed by atoms with van der Waals surface area (Å²) in [5, 5.41) is 3.28. The zero-order valence-corrected chi connectivity index (χ0v) is 10.7. The van der Waals surface area contributed by atoms with Gasteiger partial charge in [0.25, 0.3) is 0 Å². The third-order valence-electron chi connectivity index (χ3n) is 4.00. The maximum atomic E-state index is 11.5. The molecule has 1 atom stereocenters. The molecule has 16 heavy (non-hydrogen) atoms. The van der Waals surface area contributed by atoms with Crippen molar-refractivity contribution in [2.45, 2.75) is 19.8 Å². The van der Waals surface area contributed by atoms with Crippen LogP contribution in [0.3, 0.4) is 0 Å². The van der Waals surface area contributed by atoms with Crippen LogP contribution < -0.4 is 5.32 Å². The summed E-state index contributed by atoms with van der Waals surface area (Å²) in [6, 6.07) is 0. The van der Waals surface area contributed by atoms with E-state index in [1.54, 1.807) is 0 Å². The van der Waals surface area contributed by atoms with E-state index in [-0.39, 0.29) is 5.41 Å². The fourth-order valence-corrected chi connectivity index (χ4v) is 4.76. The monoisotopic (exact) mass is 247 g/mol. The van der Waals surface area contributed by atoms with Gasteiger partial charge >= 0.3 is 0 Å². The highest BCUT2D eigenvalue weighted by molar-refractivity contribution is 7.91. The van der Waals surface area contributed by atoms with Crippen molar-refractivity contribution in [3.8, 4) is 0 Å². The van der Waals surface area contributed by atoms with Crippen LogP contribution in [-0.4, -0.2) is 46.2 Å². The number of rotatable bonds is 5. The Bertz CT molecular complexity index is 335. The van der Waals surface area contributed by atoms with E-state index in [0.29, 0.717) is 17.4 Å². The molecule has 0 spiro atoms. The van der Waals surface area contributed by atoms with E-state index in [1.807, 2.05) is 6.92 Å². The van der Waals surface area contributed by atoms with Crippen molar-refractivity contribution in [2.24, 2.45) is 11.3 Å². The van der Waals surface area contributed by atoms with E-state index >= 15 is 0 Å². The summed E-state index contributed by atoms with van der Waals surface area (Å²) in [7, 11) is -2.75. The van der Waals surface area contributed by atoms with Crippen LogP contribution in [0.15, 0.2) is 0 Å². The van der Waals surface area contributed by atoms with Crippen molar-refractivity contribution >= 4 is 9.84 Å². The first-order valence-corrected chi connectivity index (χ1v) is 7.89. The fraction of sp³-hybridized carbons (Fsp3) is 1.00. The van der Waals surface area contributed by atoms with Crippen molar-refractivity contribution < 1.29 is 13.2 Å². The lowest BCUT2D eigenvalue weighted by atomic mass is 9.68. The first-order chi connectivity index (χ1) is 7.58. The van der Waals surface area contributed by atoms with Gasteiger partial charge in [-0.3, -0.25) is 0 Å². The molecule has 5 heteroatoms. The van der Waals surface area contributed by atoms with E-state index < -0.39 is 9.84 Å². The second-order valence-electron chi connectivity index (χ2n) is 5.01. The van der Waals surface area contributed by atoms with Crippen LogP contribution >= 0.6 is 0 Å². The van der Waals surface area contributed by atoms with Gasteiger partial charge in [-0.15, -0.1) is 0 Å². The van der Waals surface area contributed by atoms with Gasteiger partial charge in [-0.1, -0.05) is 0 Å². The SMILES string of the molecule is CCOCCC1(C2CCS(=O)(=O)C2)CNC1. The van der Waals surface area contributed by atoms with Gasteiger partial charge in [0.2, 0.25) is 0 Å². The molecule has 2 rings (SSSR count). The molecule has 0 aromatic carbocycles. The van der Waals surface area contributed by atoms with Gasteiger partial charge in [0.15, 0.2) is 9.84 Å². The first kappa shape index (κ1) is 12.3. The van der Waals surface area contributed by atoms with Crippen molar-refractivity contribution in [3.63, 3.8) is 0 Å². The highest BCUT2D eigenvalue weighted by Crippen LogP contribution is 2.41. The maximum Gasteiger partial charge on any atom is 0.150 e. The Labute approximate surface area is 97.7 Å². The molecule has 2 saturated heterocycles. The Morgan fingerprint density at radius 1 is 1.44 bits per heavy atom. The molecule has 0 aromatic heterocycles. The van der Waals surface area contributed by atoms with Gasteiger partial charge in [0.05, 0.1) is 11.5 Å². The molecule has 2 aliphatic heterocycles. The maximum absolute atomic E-state index is 11.5. The van der Waals surface area contributed by atoms with Gasteiger partial charge in [0, 0.05) is 31.7 Å². The van der Waals surface area contributed by atoms with Gasteiger partial charge in [0.1, 0.15) is 0 Å². The standard InChI is InChI=1S/C11H21NO3S/c1-2-15-5-4-11(8-12-9-11)10-3-6-16(13,14)7-10/h10,12H,2-9H2,1H3. The molecular weight excluding hydrogens is 226 g/mol. The number of sulfone groups is 1. The molecule has 4 nitrogen and oxygen atoms in total. The Morgan fingerprint density at radius 2 is 2.19 bits per heavy atom. The van der Waals surface area contributed by atoms with E-state index in [0.717, 1.165) is 39.1 Å². The molecule has 0 bridgehead atoms. The molecule has 0 amide bonds. The van der Waals surface area contributed by atoms with Gasteiger partial charge in [-0.05, 0) is 25.7 Å². The predicted molar refractivity (Wildman–Crippen MR) is 63.2 cm³/mol. The van der Waals surface area contributed by atoms with Crippen molar-refractivity contribution in [1.29, 1.82) is 0 Å². The first-order valence-electron chi connectivity index (χ1n) is 6.07. The van der Waals surface area contributed by atoms with E-state index in [2.05, 4.69) is 5.32 Å². The zero-order valence-electron chi connectivity index (χ0n) is 9.87. The summed E-state index contributed by atoms with van der Waals surface area (Å²) in [4.78, 5) is 0. The van der Waals surface area contributed by atoms with Gasteiger partial charge in [-0.25, -0.2) is 8.42 Å². The molecule has 0 radical (unpaired) electrons. The summed E-state index contributed by atoms with van der Waals surface area (Å²) >= 11 is 0. The minimum absolute atomic E-state index is 0.193. The Balaban J connectivity index is 1.94. The third kappa shape index (κ3) is 2.41. The van der Waals surface area contributed by atoms with Gasteiger partial charge in [-0.2, -0.15) is 0 Å². The molecule has 1 unspecified atom stereocenters. The highest BCUT2D eigenvalue weighted by Gasteiger charge is 2.47. The van der Waals surface area contributed by atoms with E-state index in [4.69, 9.17) is 4.74 Å². The minimum Gasteiger partial charge on any atom is -0.382 e. The minimum atomic E-state index is -2.75. The zero-order chi connectivity index (χ0) is 11.6. The van der Waals surface area contributed by atoms with E-state index in [1.165, 1.54) is 0 Å². The Hall–Kier alpha value is -0.130. The number of ether oxygens (including phenoxy) is 1. The molecule has 0 saturated carbocycles. The molecule has 1 N–H and O–H groups in total. The smallest absolute Gasteiger partial charge is 0.150 e. The normalized spacial score (nSPS) is 31.2. The predicted octanol–water partition coefficient (Wildman–Crippen LogP) is 0.437. The summed E-state index contributed by atoms with van der Waals surface area (Å²) < 4.78 is 28.4. The molecule has 2 fully saturated rings.